The lowest BCUT2D eigenvalue weighted by atomic mass is 10.3. The molecule has 0 unspecified atom stereocenters. The third kappa shape index (κ3) is 3.76. The van der Waals surface area contributed by atoms with Gasteiger partial charge in [0.15, 0.2) is 0 Å². The summed E-state index contributed by atoms with van der Waals surface area (Å²) in [6.45, 7) is 1.31. The summed E-state index contributed by atoms with van der Waals surface area (Å²) in [5.74, 6) is -0.863. The number of carbonyl (C=O) groups excluding carboxylic acids is 1. The Labute approximate surface area is 164 Å². The number of hydrogen-bond acceptors (Lipinski definition) is 7. The molecule has 4 rings (SSSR count). The van der Waals surface area contributed by atoms with Crippen LogP contribution in [0, 0.1) is 5.82 Å². The number of likely N-dealkylation sites (tertiary alicyclic amines) is 1. The van der Waals surface area contributed by atoms with Crippen LogP contribution in [0.1, 0.15) is 23.5 Å². The fourth-order valence-corrected chi connectivity index (χ4v) is 5.02. The number of halogens is 1. The summed E-state index contributed by atoms with van der Waals surface area (Å²) in [5, 5.41) is 5.33. The molecule has 2 aromatic heterocycles. The van der Waals surface area contributed by atoms with Crippen molar-refractivity contribution in [1.29, 1.82) is 0 Å². The van der Waals surface area contributed by atoms with Gasteiger partial charge in [0.2, 0.25) is 5.82 Å². The minimum Gasteiger partial charge on any atom is -0.334 e. The smallest absolute Gasteiger partial charge is 0.316 e. The van der Waals surface area contributed by atoms with Crippen LogP contribution < -0.4 is 4.72 Å². The van der Waals surface area contributed by atoms with Crippen molar-refractivity contribution in [3.05, 3.63) is 47.4 Å². The molecule has 1 aromatic carbocycles. The first-order valence-electron chi connectivity index (χ1n) is 8.43. The van der Waals surface area contributed by atoms with Crippen LogP contribution in [0.3, 0.4) is 0 Å². The van der Waals surface area contributed by atoms with Gasteiger partial charge < -0.3 is 9.42 Å². The first kappa shape index (κ1) is 18.6. The fourth-order valence-electron chi connectivity index (χ4n) is 2.82. The number of sulfonamides is 1. The Hall–Kier alpha value is -2.79. The van der Waals surface area contributed by atoms with E-state index in [9.17, 15) is 17.6 Å². The van der Waals surface area contributed by atoms with E-state index in [4.69, 9.17) is 4.52 Å². The predicted octanol–water partition coefficient (Wildman–Crippen LogP) is 2.97. The lowest BCUT2D eigenvalue weighted by molar-refractivity contribution is 0.0743. The lowest BCUT2D eigenvalue weighted by Gasteiger charge is -2.10. The summed E-state index contributed by atoms with van der Waals surface area (Å²) in [6.07, 6.45) is 1.88. The molecule has 1 saturated heterocycles. The topological polar surface area (TPSA) is 105 Å². The standard InChI is InChI=1S/C17H15FN4O4S2/c18-12-4-3-5-13(9-12)21-28(24,25)14-8-11(10-27-14)15-19-16(26-20-15)17(23)22-6-1-2-7-22/h3-5,8-10,21H,1-2,6-7H2. The van der Waals surface area contributed by atoms with Gasteiger partial charge in [-0.1, -0.05) is 11.2 Å². The highest BCUT2D eigenvalue weighted by Gasteiger charge is 2.26. The minimum atomic E-state index is -3.90. The Morgan fingerprint density at radius 1 is 1.25 bits per heavy atom. The Morgan fingerprint density at radius 3 is 2.79 bits per heavy atom. The van der Waals surface area contributed by atoms with Gasteiger partial charge in [-0.2, -0.15) is 4.98 Å². The molecule has 1 aliphatic rings. The number of rotatable bonds is 5. The van der Waals surface area contributed by atoms with E-state index in [1.165, 1.54) is 24.3 Å². The van der Waals surface area contributed by atoms with Gasteiger partial charge in [-0.05, 0) is 37.1 Å². The summed E-state index contributed by atoms with van der Waals surface area (Å²) >= 11 is 0.957. The summed E-state index contributed by atoms with van der Waals surface area (Å²) in [5.41, 5.74) is 0.529. The SMILES string of the molecule is O=C(c1nc(-c2csc(S(=O)(=O)Nc3cccc(F)c3)c2)no1)N1CCCC1. The average Bonchev–Trinajstić information content (AvgIpc) is 3.41. The Morgan fingerprint density at radius 2 is 2.04 bits per heavy atom. The van der Waals surface area contributed by atoms with Gasteiger partial charge in [-0.3, -0.25) is 9.52 Å². The molecule has 0 saturated carbocycles. The largest absolute Gasteiger partial charge is 0.334 e. The van der Waals surface area contributed by atoms with Gasteiger partial charge in [0.05, 0.1) is 5.69 Å². The summed E-state index contributed by atoms with van der Waals surface area (Å²) in [4.78, 5) is 18.0. The van der Waals surface area contributed by atoms with E-state index in [0.717, 1.165) is 30.2 Å². The molecule has 1 N–H and O–H groups in total. The van der Waals surface area contributed by atoms with Gasteiger partial charge in [0, 0.05) is 24.0 Å². The van der Waals surface area contributed by atoms with Crippen molar-refractivity contribution in [3.8, 4) is 11.4 Å². The van der Waals surface area contributed by atoms with Crippen LogP contribution in [0.5, 0.6) is 0 Å². The molecule has 1 amide bonds. The first-order valence-corrected chi connectivity index (χ1v) is 10.8. The number of thiophene rings is 1. The van der Waals surface area contributed by atoms with Crippen LogP contribution in [0.4, 0.5) is 10.1 Å². The van der Waals surface area contributed by atoms with E-state index in [2.05, 4.69) is 14.9 Å². The van der Waals surface area contributed by atoms with Gasteiger partial charge in [-0.15, -0.1) is 11.3 Å². The second-order valence-corrected chi connectivity index (χ2v) is 9.01. The van der Waals surface area contributed by atoms with Crippen LogP contribution >= 0.6 is 11.3 Å². The number of carbonyl (C=O) groups is 1. The molecule has 0 atom stereocenters. The highest BCUT2D eigenvalue weighted by molar-refractivity contribution is 7.94. The van der Waals surface area contributed by atoms with E-state index in [0.29, 0.717) is 18.7 Å². The summed E-state index contributed by atoms with van der Waals surface area (Å²) in [7, 11) is -3.90. The normalized spacial score (nSPS) is 14.4. The predicted molar refractivity (Wildman–Crippen MR) is 100.0 cm³/mol. The van der Waals surface area contributed by atoms with Crippen molar-refractivity contribution in [2.24, 2.45) is 0 Å². The molecule has 3 heterocycles. The van der Waals surface area contributed by atoms with Gasteiger partial charge >= 0.3 is 11.8 Å². The van der Waals surface area contributed by atoms with Crippen molar-refractivity contribution in [2.45, 2.75) is 17.1 Å². The van der Waals surface area contributed by atoms with Crippen molar-refractivity contribution < 1.29 is 22.1 Å². The van der Waals surface area contributed by atoms with Crippen LogP contribution in [0.25, 0.3) is 11.4 Å². The summed E-state index contributed by atoms with van der Waals surface area (Å²) < 4.78 is 45.6. The van der Waals surface area contributed by atoms with E-state index in [1.54, 1.807) is 10.3 Å². The molecule has 1 fully saturated rings. The van der Waals surface area contributed by atoms with Crippen LogP contribution in [0.15, 0.2) is 44.4 Å². The van der Waals surface area contributed by atoms with Crippen molar-refractivity contribution >= 4 is 33.0 Å². The number of nitrogens with one attached hydrogen (secondary N) is 1. The Kier molecular flexibility index (Phi) is 4.85. The number of nitrogens with zero attached hydrogens (tertiary/aromatic N) is 3. The van der Waals surface area contributed by atoms with Crippen molar-refractivity contribution in [2.75, 3.05) is 17.8 Å². The van der Waals surface area contributed by atoms with Gasteiger partial charge in [0.1, 0.15) is 10.0 Å². The molecule has 3 aromatic rings. The Bertz CT molecular complexity index is 1120. The molecular formula is C17H15FN4O4S2. The van der Waals surface area contributed by atoms with E-state index in [1.807, 2.05) is 0 Å². The lowest BCUT2D eigenvalue weighted by Crippen LogP contribution is -2.27. The zero-order chi connectivity index (χ0) is 19.7. The second kappa shape index (κ2) is 7.32. The van der Waals surface area contributed by atoms with Crippen LogP contribution in [0.2, 0.25) is 0 Å². The van der Waals surface area contributed by atoms with E-state index < -0.39 is 15.8 Å². The van der Waals surface area contributed by atoms with Crippen LogP contribution in [-0.2, 0) is 10.0 Å². The van der Waals surface area contributed by atoms with Crippen molar-refractivity contribution in [1.82, 2.24) is 15.0 Å². The van der Waals surface area contributed by atoms with Crippen molar-refractivity contribution in [3.63, 3.8) is 0 Å². The first-order chi connectivity index (χ1) is 13.4. The van der Waals surface area contributed by atoms with Gasteiger partial charge in [0.25, 0.3) is 10.0 Å². The molecule has 0 bridgehead atoms. The Balaban J connectivity index is 1.53. The number of amides is 1. The molecule has 11 heteroatoms. The maximum absolute atomic E-state index is 13.3. The number of hydrogen-bond donors (Lipinski definition) is 1. The zero-order valence-electron chi connectivity index (χ0n) is 14.5. The van der Waals surface area contributed by atoms with E-state index in [-0.39, 0.29) is 27.5 Å². The van der Waals surface area contributed by atoms with Crippen LogP contribution in [-0.4, -0.2) is 42.5 Å². The molecular weight excluding hydrogens is 407 g/mol. The highest BCUT2D eigenvalue weighted by Crippen LogP contribution is 2.28. The number of anilines is 1. The van der Waals surface area contributed by atoms with Gasteiger partial charge in [-0.25, -0.2) is 12.8 Å². The molecule has 1 aliphatic heterocycles. The molecule has 146 valence electrons. The third-order valence-electron chi connectivity index (χ3n) is 4.18. The molecule has 0 aliphatic carbocycles. The number of aromatic nitrogens is 2. The number of benzene rings is 1. The molecule has 8 nitrogen and oxygen atoms in total. The monoisotopic (exact) mass is 422 g/mol. The second-order valence-electron chi connectivity index (χ2n) is 6.19. The summed E-state index contributed by atoms with van der Waals surface area (Å²) in [6, 6.07) is 6.54. The third-order valence-corrected chi connectivity index (χ3v) is 7.00. The molecule has 28 heavy (non-hydrogen) atoms. The average molecular weight is 422 g/mol. The highest BCUT2D eigenvalue weighted by atomic mass is 32.2. The quantitative estimate of drug-likeness (QED) is 0.678. The molecule has 0 spiro atoms. The maximum Gasteiger partial charge on any atom is 0.316 e. The minimum absolute atomic E-state index is 0.00369. The maximum atomic E-state index is 13.3. The molecule has 0 radical (unpaired) electrons. The zero-order valence-corrected chi connectivity index (χ0v) is 16.1. The van der Waals surface area contributed by atoms with E-state index >= 15 is 0 Å². The fraction of sp³-hybridized carbons (Fsp3) is 0.235.